The van der Waals surface area contributed by atoms with Crippen LogP contribution in [-0.2, 0) is 11.3 Å². The van der Waals surface area contributed by atoms with Gasteiger partial charge in [-0.2, -0.15) is 0 Å². The lowest BCUT2D eigenvalue weighted by molar-refractivity contribution is 0.0991. The highest BCUT2D eigenvalue weighted by Crippen LogP contribution is 2.27. The molecule has 0 bridgehead atoms. The molecule has 0 spiro atoms. The molecule has 0 aliphatic heterocycles. The number of amides is 1. The molecule has 0 fully saturated rings. The minimum Gasteiger partial charge on any atom is -0.451 e. The summed E-state index contributed by atoms with van der Waals surface area (Å²) < 4.78 is 37.5. The second-order valence-electron chi connectivity index (χ2n) is 4.92. The molecule has 0 unspecified atom stereocenters. The monoisotopic (exact) mass is 317 g/mol. The lowest BCUT2D eigenvalue weighted by Gasteiger charge is -2.06. The van der Waals surface area contributed by atoms with Crippen molar-refractivity contribution in [3.8, 4) is 0 Å². The second kappa shape index (κ2) is 6.18. The van der Waals surface area contributed by atoms with Gasteiger partial charge in [-0.25, -0.2) is 8.78 Å². The van der Waals surface area contributed by atoms with Gasteiger partial charge in [-0.05, 0) is 18.2 Å². The van der Waals surface area contributed by atoms with E-state index in [4.69, 9.17) is 9.15 Å². The fourth-order valence-corrected chi connectivity index (χ4v) is 2.34. The number of para-hydroxylation sites is 1. The topological polar surface area (TPSA) is 51.5 Å². The minimum atomic E-state index is -0.732. The average molecular weight is 317 g/mol. The molecular formula is C17H13F2NO3. The molecule has 4 nitrogen and oxygen atoms in total. The van der Waals surface area contributed by atoms with Gasteiger partial charge in [0.15, 0.2) is 5.76 Å². The van der Waals surface area contributed by atoms with E-state index in [1.807, 2.05) is 6.07 Å². The first-order valence-electron chi connectivity index (χ1n) is 6.86. The van der Waals surface area contributed by atoms with Crippen molar-refractivity contribution in [1.82, 2.24) is 0 Å². The largest absolute Gasteiger partial charge is 0.451 e. The summed E-state index contributed by atoms with van der Waals surface area (Å²) in [5.41, 5.74) is 0.820. The summed E-state index contributed by atoms with van der Waals surface area (Å²) in [6.07, 6.45) is 0. The fourth-order valence-electron chi connectivity index (χ4n) is 2.34. The van der Waals surface area contributed by atoms with Gasteiger partial charge in [0.2, 0.25) is 0 Å². The van der Waals surface area contributed by atoms with Crippen LogP contribution in [0.25, 0.3) is 11.0 Å². The van der Waals surface area contributed by atoms with Crippen molar-refractivity contribution in [3.63, 3.8) is 0 Å². The standard InChI is InChI=1S/C17H13F2NO3/c1-22-9-12-11-4-2-3-5-15(11)23-16(12)17(21)20-14-8-10(18)6-7-13(14)19/h2-8H,9H2,1H3,(H,20,21). The van der Waals surface area contributed by atoms with Crippen molar-refractivity contribution < 1.29 is 22.7 Å². The zero-order chi connectivity index (χ0) is 16.4. The molecule has 3 rings (SSSR count). The molecule has 2 aromatic carbocycles. The number of halogens is 2. The Morgan fingerprint density at radius 3 is 2.78 bits per heavy atom. The predicted octanol–water partition coefficient (Wildman–Crippen LogP) is 4.11. The van der Waals surface area contributed by atoms with Crippen LogP contribution in [0.15, 0.2) is 46.9 Å². The van der Waals surface area contributed by atoms with Crippen LogP contribution in [0.2, 0.25) is 0 Å². The van der Waals surface area contributed by atoms with Crippen molar-refractivity contribution in [2.45, 2.75) is 6.61 Å². The summed E-state index contributed by atoms with van der Waals surface area (Å²) in [6, 6.07) is 9.93. The van der Waals surface area contributed by atoms with Crippen molar-refractivity contribution in [2.75, 3.05) is 12.4 Å². The first-order chi connectivity index (χ1) is 11.1. The maximum absolute atomic E-state index is 13.7. The zero-order valence-electron chi connectivity index (χ0n) is 12.2. The van der Waals surface area contributed by atoms with Crippen LogP contribution in [0.3, 0.4) is 0 Å². The van der Waals surface area contributed by atoms with Gasteiger partial charge in [-0.3, -0.25) is 4.79 Å². The normalized spacial score (nSPS) is 10.9. The Balaban J connectivity index is 2.00. The molecule has 0 saturated heterocycles. The zero-order valence-corrected chi connectivity index (χ0v) is 12.2. The van der Waals surface area contributed by atoms with Crippen LogP contribution in [0.1, 0.15) is 16.1 Å². The lowest BCUT2D eigenvalue weighted by atomic mass is 10.1. The Morgan fingerprint density at radius 1 is 1.22 bits per heavy atom. The molecule has 1 N–H and O–H groups in total. The number of carbonyl (C=O) groups excluding carboxylic acids is 1. The van der Waals surface area contributed by atoms with Crippen LogP contribution in [0.4, 0.5) is 14.5 Å². The number of hydrogen-bond acceptors (Lipinski definition) is 3. The maximum atomic E-state index is 13.7. The highest BCUT2D eigenvalue weighted by molar-refractivity contribution is 6.06. The first kappa shape index (κ1) is 15.2. The Hall–Kier alpha value is -2.73. The number of nitrogens with one attached hydrogen (secondary N) is 1. The lowest BCUT2D eigenvalue weighted by Crippen LogP contribution is -2.14. The summed E-state index contributed by atoms with van der Waals surface area (Å²) in [4.78, 5) is 12.4. The molecule has 1 heterocycles. The van der Waals surface area contributed by atoms with Crippen LogP contribution in [0, 0.1) is 11.6 Å². The molecule has 23 heavy (non-hydrogen) atoms. The van der Waals surface area contributed by atoms with Crippen LogP contribution < -0.4 is 5.32 Å². The third-order valence-electron chi connectivity index (χ3n) is 3.37. The number of furan rings is 1. The molecule has 0 atom stereocenters. The Bertz CT molecular complexity index is 873. The molecule has 0 radical (unpaired) electrons. The Labute approximate surface area is 130 Å². The maximum Gasteiger partial charge on any atom is 0.291 e. The molecule has 0 aliphatic carbocycles. The van der Waals surface area contributed by atoms with E-state index in [0.717, 1.165) is 23.6 Å². The van der Waals surface area contributed by atoms with Crippen LogP contribution in [-0.4, -0.2) is 13.0 Å². The number of benzene rings is 2. The number of anilines is 1. The number of fused-ring (bicyclic) bond motifs is 1. The number of ether oxygens (including phenoxy) is 1. The van der Waals surface area contributed by atoms with E-state index >= 15 is 0 Å². The Kier molecular flexibility index (Phi) is 4.08. The number of rotatable bonds is 4. The van der Waals surface area contributed by atoms with Gasteiger partial charge >= 0.3 is 0 Å². The van der Waals surface area contributed by atoms with Gasteiger partial charge < -0.3 is 14.5 Å². The molecule has 118 valence electrons. The van der Waals surface area contributed by atoms with E-state index in [-0.39, 0.29) is 18.1 Å². The van der Waals surface area contributed by atoms with E-state index in [1.54, 1.807) is 18.2 Å². The first-order valence-corrected chi connectivity index (χ1v) is 6.86. The second-order valence-corrected chi connectivity index (χ2v) is 4.92. The molecule has 3 aromatic rings. The highest BCUT2D eigenvalue weighted by Gasteiger charge is 2.21. The van der Waals surface area contributed by atoms with Gasteiger partial charge in [0.25, 0.3) is 5.91 Å². The molecule has 1 aromatic heterocycles. The van der Waals surface area contributed by atoms with Crippen LogP contribution >= 0.6 is 0 Å². The molecule has 0 aliphatic rings. The highest BCUT2D eigenvalue weighted by atomic mass is 19.1. The SMILES string of the molecule is COCc1c(C(=O)Nc2cc(F)ccc2F)oc2ccccc12. The van der Waals surface area contributed by atoms with E-state index in [0.29, 0.717) is 11.1 Å². The molecular weight excluding hydrogens is 304 g/mol. The summed E-state index contributed by atoms with van der Waals surface area (Å²) >= 11 is 0. The van der Waals surface area contributed by atoms with E-state index < -0.39 is 17.5 Å². The Morgan fingerprint density at radius 2 is 2.00 bits per heavy atom. The van der Waals surface area contributed by atoms with E-state index in [9.17, 15) is 13.6 Å². The average Bonchev–Trinajstić information content (AvgIpc) is 2.90. The van der Waals surface area contributed by atoms with Crippen LogP contribution in [0.5, 0.6) is 0 Å². The van der Waals surface area contributed by atoms with Gasteiger partial charge in [0.1, 0.15) is 17.2 Å². The van der Waals surface area contributed by atoms with Crippen molar-refractivity contribution in [2.24, 2.45) is 0 Å². The van der Waals surface area contributed by atoms with Crippen molar-refractivity contribution in [3.05, 3.63) is 65.4 Å². The van der Waals surface area contributed by atoms with E-state index in [2.05, 4.69) is 5.32 Å². The predicted molar refractivity (Wildman–Crippen MR) is 81.2 cm³/mol. The molecule has 0 saturated carbocycles. The third-order valence-corrected chi connectivity index (χ3v) is 3.37. The smallest absolute Gasteiger partial charge is 0.291 e. The van der Waals surface area contributed by atoms with Gasteiger partial charge in [-0.1, -0.05) is 18.2 Å². The number of hydrogen-bond donors (Lipinski definition) is 1. The van der Waals surface area contributed by atoms with Gasteiger partial charge in [0.05, 0.1) is 12.3 Å². The summed E-state index contributed by atoms with van der Waals surface area (Å²) in [5, 5.41) is 3.06. The quantitative estimate of drug-likeness (QED) is 0.788. The summed E-state index contributed by atoms with van der Waals surface area (Å²) in [6.45, 7) is 0.158. The number of methoxy groups -OCH3 is 1. The van der Waals surface area contributed by atoms with Gasteiger partial charge in [0, 0.05) is 24.1 Å². The minimum absolute atomic E-state index is 0.0108. The van der Waals surface area contributed by atoms with Crippen molar-refractivity contribution in [1.29, 1.82) is 0 Å². The fraction of sp³-hybridized carbons (Fsp3) is 0.118. The number of carbonyl (C=O) groups is 1. The molecule has 1 amide bonds. The van der Waals surface area contributed by atoms with Gasteiger partial charge in [-0.15, -0.1) is 0 Å². The van der Waals surface area contributed by atoms with E-state index in [1.165, 1.54) is 7.11 Å². The molecule has 6 heteroatoms. The summed E-state index contributed by atoms with van der Waals surface area (Å²) in [7, 11) is 1.50. The third kappa shape index (κ3) is 2.93. The van der Waals surface area contributed by atoms with Crippen molar-refractivity contribution >= 4 is 22.6 Å². The summed E-state index contributed by atoms with van der Waals surface area (Å²) in [5.74, 6) is -2.04.